The molecule has 1 unspecified atom stereocenters. The Hall–Kier alpha value is -2.51. The maximum atomic E-state index is 12.6. The molecule has 3 N–H and O–H groups in total. The van der Waals surface area contributed by atoms with E-state index in [0.29, 0.717) is 5.69 Å². The summed E-state index contributed by atoms with van der Waals surface area (Å²) in [6.07, 6.45) is -1.42. The topological polar surface area (TPSA) is 130 Å². The number of carbonyl (C=O) groups is 1. The molecular formula is C12H13F2N5O5S. The zero-order valence-electron chi connectivity index (χ0n) is 12.5. The first-order chi connectivity index (χ1) is 11.7. The third-order valence-electron chi connectivity index (χ3n) is 3.46. The summed E-state index contributed by atoms with van der Waals surface area (Å²) in [6, 6.07) is 2.96. The third kappa shape index (κ3) is 3.78. The number of hydrogen-bond donors (Lipinski definition) is 3. The van der Waals surface area contributed by atoms with E-state index in [9.17, 15) is 22.0 Å². The lowest BCUT2D eigenvalue weighted by molar-refractivity contribution is 0.0776. The predicted molar refractivity (Wildman–Crippen MR) is 79.1 cm³/mol. The van der Waals surface area contributed by atoms with E-state index >= 15 is 0 Å². The number of alkyl halides is 2. The highest BCUT2D eigenvalue weighted by Gasteiger charge is 2.35. The van der Waals surface area contributed by atoms with E-state index in [1.54, 1.807) is 0 Å². The van der Waals surface area contributed by atoms with Crippen LogP contribution in [0.2, 0.25) is 0 Å². The van der Waals surface area contributed by atoms with E-state index in [0.717, 1.165) is 4.68 Å². The first-order valence-corrected chi connectivity index (χ1v) is 8.30. The predicted octanol–water partition coefficient (Wildman–Crippen LogP) is 0.329. The van der Waals surface area contributed by atoms with E-state index in [4.69, 9.17) is 4.55 Å². The minimum Gasteiger partial charge on any atom is -0.355 e. The van der Waals surface area contributed by atoms with Gasteiger partial charge in [-0.15, -0.1) is 0 Å². The summed E-state index contributed by atoms with van der Waals surface area (Å²) in [5.74, 6) is -0.647. The van der Waals surface area contributed by atoms with E-state index in [2.05, 4.69) is 19.6 Å². The maximum absolute atomic E-state index is 12.6. The number of rotatable bonds is 6. The van der Waals surface area contributed by atoms with Crippen LogP contribution in [0.4, 0.5) is 14.5 Å². The van der Waals surface area contributed by atoms with Crippen LogP contribution >= 0.6 is 0 Å². The Morgan fingerprint density at radius 2 is 2.16 bits per heavy atom. The van der Waals surface area contributed by atoms with Crippen molar-refractivity contribution in [2.45, 2.75) is 25.9 Å². The zero-order valence-corrected chi connectivity index (χ0v) is 13.3. The molecule has 1 aliphatic heterocycles. The molecule has 0 fully saturated rings. The molecule has 0 spiro atoms. The monoisotopic (exact) mass is 377 g/mol. The van der Waals surface area contributed by atoms with Crippen molar-refractivity contribution in [3.8, 4) is 0 Å². The minimum absolute atomic E-state index is 0.113. The van der Waals surface area contributed by atoms with Crippen molar-refractivity contribution in [1.29, 1.82) is 0 Å². The summed E-state index contributed by atoms with van der Waals surface area (Å²) in [5, 5.41) is 6.04. The van der Waals surface area contributed by atoms with Gasteiger partial charge in [0.15, 0.2) is 0 Å². The Kier molecular flexibility index (Phi) is 4.45. The molecule has 3 rings (SSSR count). The molecule has 136 valence electrons. The SMILES string of the molecule is O=C1NC(OS(=O)(=O)O)N(Cc2ccnn2CC(F)F)c2cc[nH]c21. The molecule has 1 amide bonds. The van der Waals surface area contributed by atoms with Crippen molar-refractivity contribution >= 4 is 22.0 Å². The molecule has 0 aliphatic carbocycles. The van der Waals surface area contributed by atoms with Crippen LogP contribution < -0.4 is 10.2 Å². The number of amides is 1. The van der Waals surface area contributed by atoms with Crippen LogP contribution in [0.1, 0.15) is 16.2 Å². The van der Waals surface area contributed by atoms with E-state index in [1.165, 1.54) is 29.4 Å². The van der Waals surface area contributed by atoms with E-state index < -0.39 is 35.6 Å². The summed E-state index contributed by atoms with van der Waals surface area (Å²) < 4.78 is 61.8. The fourth-order valence-electron chi connectivity index (χ4n) is 2.49. The van der Waals surface area contributed by atoms with Crippen molar-refractivity contribution in [2.75, 3.05) is 4.90 Å². The Bertz CT molecular complexity index is 880. The lowest BCUT2D eigenvalue weighted by Crippen LogP contribution is -2.54. The Morgan fingerprint density at radius 3 is 2.84 bits per heavy atom. The highest BCUT2D eigenvalue weighted by molar-refractivity contribution is 7.80. The summed E-state index contributed by atoms with van der Waals surface area (Å²) in [6.45, 7) is -0.760. The van der Waals surface area contributed by atoms with Gasteiger partial charge < -0.3 is 15.2 Å². The number of carbonyl (C=O) groups excluding carboxylic acids is 1. The van der Waals surface area contributed by atoms with E-state index in [-0.39, 0.29) is 17.9 Å². The standard InChI is InChI=1S/C12H13F2N5O5S/c13-9(14)6-19-7(1-4-16-19)5-18-8-2-3-15-10(8)11(20)17-12(18)24-25(21,22)23/h1-4,9,12,15H,5-6H2,(H,17,20)(H,21,22,23). The lowest BCUT2D eigenvalue weighted by atomic mass is 10.2. The molecule has 0 bridgehead atoms. The summed E-state index contributed by atoms with van der Waals surface area (Å²) >= 11 is 0. The van der Waals surface area contributed by atoms with Crippen LogP contribution in [0, 0.1) is 0 Å². The molecule has 13 heteroatoms. The second kappa shape index (κ2) is 6.42. The van der Waals surface area contributed by atoms with Gasteiger partial charge in [0.2, 0.25) is 6.35 Å². The minimum atomic E-state index is -4.88. The van der Waals surface area contributed by atoms with Gasteiger partial charge in [0.1, 0.15) is 12.2 Å². The molecule has 2 aromatic rings. The van der Waals surface area contributed by atoms with Crippen LogP contribution in [0.25, 0.3) is 0 Å². The molecule has 2 aromatic heterocycles. The number of fused-ring (bicyclic) bond motifs is 1. The van der Waals surface area contributed by atoms with Gasteiger partial charge in [-0.05, 0) is 12.1 Å². The molecule has 0 radical (unpaired) electrons. The molecule has 10 nitrogen and oxygen atoms in total. The first kappa shape index (κ1) is 17.3. The number of aromatic nitrogens is 3. The molecule has 0 saturated heterocycles. The van der Waals surface area contributed by atoms with Gasteiger partial charge in [0.25, 0.3) is 12.3 Å². The third-order valence-corrected chi connectivity index (χ3v) is 3.89. The van der Waals surface area contributed by atoms with Crippen LogP contribution in [-0.4, -0.2) is 46.4 Å². The quantitative estimate of drug-likeness (QED) is 0.619. The van der Waals surface area contributed by atoms with Gasteiger partial charge in [-0.1, -0.05) is 0 Å². The number of aromatic amines is 1. The van der Waals surface area contributed by atoms with Gasteiger partial charge in [-0.25, -0.2) is 13.0 Å². The van der Waals surface area contributed by atoms with Crippen molar-refractivity contribution in [3.63, 3.8) is 0 Å². The average Bonchev–Trinajstić information content (AvgIpc) is 3.10. The Morgan fingerprint density at radius 1 is 1.40 bits per heavy atom. The molecule has 0 aromatic carbocycles. The second-order valence-corrected chi connectivity index (χ2v) is 6.16. The summed E-state index contributed by atoms with van der Waals surface area (Å²) in [4.78, 5) is 15.9. The smallest absolute Gasteiger partial charge is 0.355 e. The van der Waals surface area contributed by atoms with Gasteiger partial charge in [0.05, 0.1) is 17.9 Å². The fourth-order valence-corrected chi connectivity index (χ4v) is 2.88. The largest absolute Gasteiger partial charge is 0.400 e. The Labute approximate surface area is 140 Å². The highest BCUT2D eigenvalue weighted by atomic mass is 32.3. The molecule has 1 aliphatic rings. The maximum Gasteiger partial charge on any atom is 0.400 e. The van der Waals surface area contributed by atoms with Crippen LogP contribution in [0.5, 0.6) is 0 Å². The second-order valence-electron chi connectivity index (χ2n) is 5.11. The molecule has 0 saturated carbocycles. The number of halogens is 2. The van der Waals surface area contributed by atoms with Crippen molar-refractivity contribution in [2.24, 2.45) is 0 Å². The van der Waals surface area contributed by atoms with Gasteiger partial charge >= 0.3 is 10.4 Å². The van der Waals surface area contributed by atoms with Crippen molar-refractivity contribution in [1.82, 2.24) is 20.1 Å². The first-order valence-electron chi connectivity index (χ1n) is 6.94. The van der Waals surface area contributed by atoms with Crippen LogP contribution in [0.3, 0.4) is 0 Å². The van der Waals surface area contributed by atoms with Crippen LogP contribution in [-0.2, 0) is 27.7 Å². The average molecular weight is 377 g/mol. The number of nitrogens with zero attached hydrogens (tertiary/aromatic N) is 3. The molecule has 25 heavy (non-hydrogen) atoms. The number of nitrogens with one attached hydrogen (secondary N) is 2. The fraction of sp³-hybridized carbons (Fsp3) is 0.333. The number of anilines is 1. The van der Waals surface area contributed by atoms with Gasteiger partial charge in [0, 0.05) is 12.4 Å². The number of hydrogen-bond acceptors (Lipinski definition) is 6. The van der Waals surface area contributed by atoms with Crippen LogP contribution in [0.15, 0.2) is 24.5 Å². The van der Waals surface area contributed by atoms with Gasteiger partial charge in [-0.3, -0.25) is 14.0 Å². The number of H-pyrrole nitrogens is 1. The van der Waals surface area contributed by atoms with Gasteiger partial charge in [-0.2, -0.15) is 13.5 Å². The molecule has 1 atom stereocenters. The van der Waals surface area contributed by atoms with E-state index in [1.807, 2.05) is 0 Å². The zero-order chi connectivity index (χ0) is 18.2. The summed E-state index contributed by atoms with van der Waals surface area (Å²) in [5.41, 5.74) is 0.741. The van der Waals surface area contributed by atoms with Crippen molar-refractivity contribution < 1.29 is 30.7 Å². The lowest BCUT2D eigenvalue weighted by Gasteiger charge is -2.35. The molecular weight excluding hydrogens is 364 g/mol. The molecule has 3 heterocycles. The normalized spacial score (nSPS) is 17.7. The highest BCUT2D eigenvalue weighted by Crippen LogP contribution is 2.28. The Balaban J connectivity index is 1.94. The van der Waals surface area contributed by atoms with Crippen molar-refractivity contribution in [3.05, 3.63) is 35.9 Å². The summed E-state index contributed by atoms with van der Waals surface area (Å²) in [7, 11) is -4.88.